The molecular formula is C27H24ClFN4O3. The zero-order valence-corrected chi connectivity index (χ0v) is 20.1. The summed E-state index contributed by atoms with van der Waals surface area (Å²) in [6.07, 6.45) is 0. The first-order chi connectivity index (χ1) is 17.4. The van der Waals surface area contributed by atoms with Gasteiger partial charge in [-0.25, -0.2) is 9.37 Å². The molecule has 0 bridgehead atoms. The zero-order valence-electron chi connectivity index (χ0n) is 19.4. The van der Waals surface area contributed by atoms with E-state index in [1.807, 2.05) is 24.3 Å². The van der Waals surface area contributed by atoms with Gasteiger partial charge in [0.2, 0.25) is 0 Å². The average molecular weight is 507 g/mol. The molecule has 0 spiro atoms. The van der Waals surface area contributed by atoms with Crippen molar-refractivity contribution in [3.8, 4) is 22.8 Å². The monoisotopic (exact) mass is 506 g/mol. The number of anilines is 3. The summed E-state index contributed by atoms with van der Waals surface area (Å²) in [6.45, 7) is -0.377. The molecule has 0 saturated heterocycles. The smallest absolute Gasteiger partial charge is 0.255 e. The van der Waals surface area contributed by atoms with Crippen LogP contribution in [0.25, 0.3) is 11.3 Å². The molecule has 0 aliphatic carbocycles. The number of nitrogens with one attached hydrogen (secondary N) is 2. The Morgan fingerprint density at radius 2 is 1.86 bits per heavy atom. The molecule has 0 aliphatic heterocycles. The Balaban J connectivity index is 1.51. The SMILES string of the molecule is COc1ccc(CNC(=O)c2ccc(-c3cc(Nc4ccc(Cl)cc4CF)ccc3O)nc2N)cc1. The second-order valence-electron chi connectivity index (χ2n) is 7.95. The summed E-state index contributed by atoms with van der Waals surface area (Å²) in [5.74, 6) is 0.358. The van der Waals surface area contributed by atoms with Crippen molar-refractivity contribution >= 4 is 34.7 Å². The topological polar surface area (TPSA) is 110 Å². The van der Waals surface area contributed by atoms with Crippen LogP contribution in [0.1, 0.15) is 21.5 Å². The van der Waals surface area contributed by atoms with Crippen LogP contribution < -0.4 is 21.1 Å². The Morgan fingerprint density at radius 3 is 2.56 bits per heavy atom. The van der Waals surface area contributed by atoms with Crippen molar-refractivity contribution in [2.24, 2.45) is 0 Å². The minimum absolute atomic E-state index is 0.0222. The van der Waals surface area contributed by atoms with Crippen LogP contribution in [0.4, 0.5) is 21.6 Å². The predicted molar refractivity (Wildman–Crippen MR) is 139 cm³/mol. The van der Waals surface area contributed by atoms with E-state index in [2.05, 4.69) is 15.6 Å². The average Bonchev–Trinajstić information content (AvgIpc) is 2.89. The van der Waals surface area contributed by atoms with Gasteiger partial charge in [-0.2, -0.15) is 0 Å². The fourth-order valence-corrected chi connectivity index (χ4v) is 3.80. The van der Waals surface area contributed by atoms with Gasteiger partial charge in [0, 0.05) is 34.1 Å². The van der Waals surface area contributed by atoms with E-state index in [0.717, 1.165) is 11.3 Å². The molecule has 0 saturated carbocycles. The van der Waals surface area contributed by atoms with Crippen molar-refractivity contribution in [3.05, 3.63) is 94.5 Å². The Morgan fingerprint density at radius 1 is 1.08 bits per heavy atom. The van der Waals surface area contributed by atoms with Gasteiger partial charge in [0.15, 0.2) is 0 Å². The highest BCUT2D eigenvalue weighted by Crippen LogP contribution is 2.33. The Labute approximate surface area is 212 Å². The summed E-state index contributed by atoms with van der Waals surface area (Å²) < 4.78 is 18.5. The molecule has 1 aromatic heterocycles. The number of aromatic hydroxyl groups is 1. The maximum atomic E-state index is 13.4. The normalized spacial score (nSPS) is 10.6. The second kappa shape index (κ2) is 11.0. The lowest BCUT2D eigenvalue weighted by molar-refractivity contribution is 0.0951. The van der Waals surface area contributed by atoms with Crippen molar-refractivity contribution in [2.75, 3.05) is 18.2 Å². The van der Waals surface area contributed by atoms with E-state index in [1.165, 1.54) is 6.07 Å². The largest absolute Gasteiger partial charge is 0.507 e. The molecule has 7 nitrogen and oxygen atoms in total. The van der Waals surface area contributed by atoms with E-state index in [9.17, 15) is 14.3 Å². The van der Waals surface area contributed by atoms with E-state index in [4.69, 9.17) is 22.1 Å². The number of nitrogens with zero attached hydrogens (tertiary/aromatic N) is 1. The van der Waals surface area contributed by atoms with Gasteiger partial charge in [0.25, 0.3) is 5.91 Å². The fraction of sp³-hybridized carbons (Fsp3) is 0.111. The molecule has 4 rings (SSSR count). The lowest BCUT2D eigenvalue weighted by atomic mass is 10.1. The van der Waals surface area contributed by atoms with E-state index in [1.54, 1.807) is 49.6 Å². The number of pyridine rings is 1. The number of ether oxygens (including phenoxy) is 1. The number of phenols is 1. The number of hydrogen-bond donors (Lipinski definition) is 4. The van der Waals surface area contributed by atoms with Crippen LogP contribution in [0.5, 0.6) is 11.5 Å². The molecule has 3 aromatic carbocycles. The Hall–Kier alpha value is -4.30. The molecular weight excluding hydrogens is 483 g/mol. The lowest BCUT2D eigenvalue weighted by Crippen LogP contribution is -2.24. The summed E-state index contributed by atoms with van der Waals surface area (Å²) >= 11 is 5.96. The van der Waals surface area contributed by atoms with Gasteiger partial charge in [-0.1, -0.05) is 23.7 Å². The van der Waals surface area contributed by atoms with E-state index >= 15 is 0 Å². The molecule has 0 atom stereocenters. The maximum Gasteiger partial charge on any atom is 0.255 e. The number of amides is 1. The van der Waals surface area contributed by atoms with Crippen LogP contribution in [0.3, 0.4) is 0 Å². The van der Waals surface area contributed by atoms with E-state index in [0.29, 0.717) is 39.8 Å². The van der Waals surface area contributed by atoms with Crippen molar-refractivity contribution in [2.45, 2.75) is 13.2 Å². The minimum Gasteiger partial charge on any atom is -0.507 e. The van der Waals surface area contributed by atoms with Crippen molar-refractivity contribution in [1.82, 2.24) is 10.3 Å². The molecule has 0 unspecified atom stereocenters. The van der Waals surface area contributed by atoms with Crippen molar-refractivity contribution < 1.29 is 19.0 Å². The number of aromatic nitrogens is 1. The zero-order chi connectivity index (χ0) is 25.7. The van der Waals surface area contributed by atoms with Gasteiger partial charge < -0.3 is 26.2 Å². The van der Waals surface area contributed by atoms with Gasteiger partial charge in [0.1, 0.15) is 24.0 Å². The van der Waals surface area contributed by atoms with E-state index in [-0.39, 0.29) is 23.0 Å². The number of carbonyl (C=O) groups is 1. The number of methoxy groups -OCH3 is 1. The molecule has 4 aromatic rings. The first-order valence-corrected chi connectivity index (χ1v) is 11.4. The number of nitrogens with two attached hydrogens (primary N) is 1. The molecule has 5 N–H and O–H groups in total. The van der Waals surface area contributed by atoms with Crippen LogP contribution in [0, 0.1) is 0 Å². The number of halogens is 2. The highest BCUT2D eigenvalue weighted by Gasteiger charge is 2.15. The number of alkyl halides is 1. The van der Waals surface area contributed by atoms with Gasteiger partial charge in [-0.15, -0.1) is 0 Å². The number of benzene rings is 3. The molecule has 1 amide bonds. The third-order valence-electron chi connectivity index (χ3n) is 5.54. The summed E-state index contributed by atoms with van der Waals surface area (Å²) in [6, 6.07) is 20.2. The highest BCUT2D eigenvalue weighted by molar-refractivity contribution is 6.30. The van der Waals surface area contributed by atoms with Crippen LogP contribution in [-0.4, -0.2) is 23.1 Å². The first kappa shape index (κ1) is 24.8. The third-order valence-corrected chi connectivity index (χ3v) is 5.78. The van der Waals surface area contributed by atoms with Crippen molar-refractivity contribution in [3.63, 3.8) is 0 Å². The minimum atomic E-state index is -0.687. The van der Waals surface area contributed by atoms with Gasteiger partial charge >= 0.3 is 0 Å². The van der Waals surface area contributed by atoms with Crippen LogP contribution >= 0.6 is 11.6 Å². The quantitative estimate of drug-likeness (QED) is 0.223. The van der Waals surface area contributed by atoms with E-state index < -0.39 is 6.67 Å². The van der Waals surface area contributed by atoms with Crippen molar-refractivity contribution in [1.29, 1.82) is 0 Å². The molecule has 0 radical (unpaired) electrons. The van der Waals surface area contributed by atoms with Crippen LogP contribution in [-0.2, 0) is 13.2 Å². The highest BCUT2D eigenvalue weighted by atomic mass is 35.5. The number of carbonyl (C=O) groups excluding carboxylic acids is 1. The lowest BCUT2D eigenvalue weighted by Gasteiger charge is -2.13. The molecule has 1 heterocycles. The third kappa shape index (κ3) is 5.67. The maximum absolute atomic E-state index is 13.4. The number of phenolic OH excluding ortho intramolecular Hbond substituents is 1. The summed E-state index contributed by atoms with van der Waals surface area (Å²) in [7, 11) is 1.59. The fourth-order valence-electron chi connectivity index (χ4n) is 3.61. The second-order valence-corrected chi connectivity index (χ2v) is 8.39. The van der Waals surface area contributed by atoms with Crippen LogP contribution in [0.2, 0.25) is 5.02 Å². The standard InChI is InChI=1S/C27H24ClFN4O3/c1-36-20-6-2-16(3-7-20)15-31-27(35)21-8-10-24(33-26(21)30)22-13-19(5-11-25(22)34)32-23-9-4-18(28)12-17(23)14-29/h2-13,32,34H,14-15H2,1H3,(H2,30,33)(H,31,35). The molecule has 9 heteroatoms. The first-order valence-electron chi connectivity index (χ1n) is 11.0. The molecule has 0 fully saturated rings. The predicted octanol–water partition coefficient (Wildman–Crippen LogP) is 5.84. The van der Waals surface area contributed by atoms with Gasteiger partial charge in [-0.05, 0) is 66.2 Å². The van der Waals surface area contributed by atoms with Crippen LogP contribution in [0.15, 0.2) is 72.8 Å². The summed E-state index contributed by atoms with van der Waals surface area (Å²) in [5, 5.41) is 16.8. The number of hydrogen-bond acceptors (Lipinski definition) is 6. The Bertz CT molecular complexity index is 1400. The Kier molecular flexibility index (Phi) is 7.56. The number of rotatable bonds is 8. The van der Waals surface area contributed by atoms with Gasteiger partial charge in [-0.3, -0.25) is 4.79 Å². The number of nitrogen functional groups attached to an aromatic ring is 1. The molecule has 36 heavy (non-hydrogen) atoms. The molecule has 0 aliphatic rings. The summed E-state index contributed by atoms with van der Waals surface area (Å²) in [5.41, 5.74) is 9.54. The summed E-state index contributed by atoms with van der Waals surface area (Å²) in [4.78, 5) is 17.0. The molecule has 184 valence electrons. The van der Waals surface area contributed by atoms with Gasteiger partial charge in [0.05, 0.1) is 18.4 Å².